The number of phenolic OH excluding ortho intramolecular Hbond substituents is 1. The number of hydrogen-bond donors (Lipinski definition) is 1. The molecule has 0 amide bonds. The van der Waals surface area contributed by atoms with Crippen LogP contribution in [0.4, 0.5) is 0 Å². The molecule has 1 N–H and O–H groups in total. The lowest BCUT2D eigenvalue weighted by Crippen LogP contribution is -2.18. The zero-order valence-electron chi connectivity index (χ0n) is 14.0. The topological polar surface area (TPSA) is 82.1 Å². The molecule has 23 heavy (non-hydrogen) atoms. The molecule has 0 bridgehead atoms. The molecule has 1 aromatic rings. The van der Waals surface area contributed by atoms with Gasteiger partial charge in [-0.3, -0.25) is 4.79 Å². The second-order valence-corrected chi connectivity index (χ2v) is 5.86. The largest absolute Gasteiger partial charge is 0.508 e. The predicted octanol–water partition coefficient (Wildman–Crippen LogP) is 2.56. The first-order valence-corrected chi connectivity index (χ1v) is 7.40. The van der Waals surface area contributed by atoms with Gasteiger partial charge in [-0.2, -0.15) is 0 Å². The number of methoxy groups -OCH3 is 2. The summed E-state index contributed by atoms with van der Waals surface area (Å²) in [6.07, 6.45) is 1.67. The van der Waals surface area contributed by atoms with E-state index >= 15 is 0 Å². The normalized spacial score (nSPS) is 11.0. The van der Waals surface area contributed by atoms with Gasteiger partial charge in [0.05, 0.1) is 14.2 Å². The molecular formula is C17H24O6. The molecular weight excluding hydrogens is 300 g/mol. The van der Waals surface area contributed by atoms with E-state index in [-0.39, 0.29) is 23.7 Å². The number of phenols is 1. The van der Waals surface area contributed by atoms with Gasteiger partial charge in [-0.25, -0.2) is 4.79 Å². The van der Waals surface area contributed by atoms with Crippen LogP contribution < -0.4 is 4.74 Å². The Morgan fingerprint density at radius 2 is 1.78 bits per heavy atom. The number of carbonyl (C=O) groups is 2. The Hall–Kier alpha value is -2.24. The summed E-state index contributed by atoms with van der Waals surface area (Å²) in [4.78, 5) is 22.3. The van der Waals surface area contributed by atoms with E-state index in [1.165, 1.54) is 20.3 Å². The van der Waals surface area contributed by atoms with E-state index in [9.17, 15) is 14.7 Å². The molecule has 0 unspecified atom stereocenters. The van der Waals surface area contributed by atoms with Crippen molar-refractivity contribution in [3.63, 3.8) is 0 Å². The summed E-state index contributed by atoms with van der Waals surface area (Å²) in [7, 11) is 2.65. The van der Waals surface area contributed by atoms with Gasteiger partial charge in [-0.15, -0.1) is 0 Å². The van der Waals surface area contributed by atoms with E-state index in [0.29, 0.717) is 30.6 Å². The van der Waals surface area contributed by atoms with Crippen molar-refractivity contribution in [2.75, 3.05) is 20.8 Å². The first-order chi connectivity index (χ1) is 10.8. The number of rotatable bonds is 8. The lowest BCUT2D eigenvalue weighted by Gasteiger charge is -2.26. The Kier molecular flexibility index (Phi) is 6.88. The third kappa shape index (κ3) is 5.81. The quantitative estimate of drug-likeness (QED) is 0.740. The van der Waals surface area contributed by atoms with Crippen molar-refractivity contribution in [1.82, 2.24) is 0 Å². The van der Waals surface area contributed by atoms with Crippen LogP contribution in [0, 0.1) is 0 Å². The molecule has 0 aliphatic rings. The molecule has 1 aromatic carbocycles. The fraction of sp³-hybridized carbons (Fsp3) is 0.529. The molecule has 6 heteroatoms. The number of benzene rings is 1. The van der Waals surface area contributed by atoms with Gasteiger partial charge in [0.2, 0.25) is 0 Å². The maximum Gasteiger partial charge on any atom is 0.343 e. The molecule has 6 nitrogen and oxygen atoms in total. The molecule has 0 saturated heterocycles. The molecule has 0 atom stereocenters. The molecule has 0 heterocycles. The van der Waals surface area contributed by atoms with Crippen LogP contribution in [0.5, 0.6) is 11.5 Å². The Balaban J connectivity index is 2.79. The van der Waals surface area contributed by atoms with Crippen molar-refractivity contribution in [2.45, 2.75) is 38.5 Å². The van der Waals surface area contributed by atoms with Gasteiger partial charge in [0.15, 0.2) is 6.61 Å². The van der Waals surface area contributed by atoms with E-state index in [1.54, 1.807) is 12.1 Å². The van der Waals surface area contributed by atoms with E-state index in [1.807, 2.05) is 13.8 Å². The minimum atomic E-state index is -0.475. The number of aromatic hydroxyl groups is 1. The van der Waals surface area contributed by atoms with Gasteiger partial charge in [0.1, 0.15) is 11.5 Å². The molecule has 0 aliphatic heterocycles. The molecule has 0 saturated carbocycles. The Morgan fingerprint density at radius 1 is 1.13 bits per heavy atom. The minimum absolute atomic E-state index is 0.151. The minimum Gasteiger partial charge on any atom is -0.508 e. The first kappa shape index (κ1) is 18.8. The highest BCUT2D eigenvalue weighted by atomic mass is 16.6. The highest BCUT2D eigenvalue weighted by Gasteiger charge is 2.24. The van der Waals surface area contributed by atoms with E-state index in [0.717, 1.165) is 0 Å². The van der Waals surface area contributed by atoms with Crippen molar-refractivity contribution in [3.05, 3.63) is 23.8 Å². The third-order valence-electron chi connectivity index (χ3n) is 3.69. The van der Waals surface area contributed by atoms with Crippen LogP contribution in [0.25, 0.3) is 0 Å². The maximum atomic E-state index is 11.2. The second kappa shape index (κ2) is 8.41. The van der Waals surface area contributed by atoms with E-state index in [2.05, 4.69) is 9.47 Å². The van der Waals surface area contributed by atoms with Gasteiger partial charge < -0.3 is 19.3 Å². The fourth-order valence-corrected chi connectivity index (χ4v) is 2.26. The van der Waals surface area contributed by atoms with Gasteiger partial charge in [0, 0.05) is 12.0 Å². The van der Waals surface area contributed by atoms with Crippen molar-refractivity contribution < 1.29 is 28.9 Å². The summed E-state index contributed by atoms with van der Waals surface area (Å²) < 4.78 is 14.5. The summed E-state index contributed by atoms with van der Waals surface area (Å²) in [5.41, 5.74) is 0.340. The highest BCUT2D eigenvalue weighted by Crippen LogP contribution is 2.37. The lowest BCUT2D eigenvalue weighted by molar-refractivity contribution is -0.143. The zero-order chi connectivity index (χ0) is 17.5. The Morgan fingerprint density at radius 3 is 2.39 bits per heavy atom. The van der Waals surface area contributed by atoms with Crippen molar-refractivity contribution in [1.29, 1.82) is 0 Å². The summed E-state index contributed by atoms with van der Waals surface area (Å²) in [6.45, 7) is 3.76. The van der Waals surface area contributed by atoms with Crippen LogP contribution in [0.2, 0.25) is 0 Å². The third-order valence-corrected chi connectivity index (χ3v) is 3.69. The summed E-state index contributed by atoms with van der Waals surface area (Å²) >= 11 is 0. The Labute approximate surface area is 136 Å². The van der Waals surface area contributed by atoms with Crippen LogP contribution in [0.3, 0.4) is 0 Å². The summed E-state index contributed by atoms with van der Waals surface area (Å²) in [6, 6.07) is 4.83. The second-order valence-electron chi connectivity index (χ2n) is 5.86. The molecule has 0 fully saturated rings. The standard InChI is InChI=1S/C17H24O6/c1-17(2,9-5-6-15(19)21-3)13-10-12(7-8-14(13)18)23-11-16(20)22-4/h7-8,10,18H,5-6,9,11H2,1-4H3. The highest BCUT2D eigenvalue weighted by molar-refractivity contribution is 5.71. The summed E-state index contributed by atoms with van der Waals surface area (Å²) in [5, 5.41) is 10.1. The molecule has 128 valence electrons. The monoisotopic (exact) mass is 324 g/mol. The van der Waals surface area contributed by atoms with Crippen LogP contribution in [-0.4, -0.2) is 37.9 Å². The number of ether oxygens (including phenoxy) is 3. The van der Waals surface area contributed by atoms with Gasteiger partial charge in [-0.1, -0.05) is 13.8 Å². The molecule has 0 spiro atoms. The molecule has 0 aromatic heterocycles. The average molecular weight is 324 g/mol. The summed E-state index contributed by atoms with van der Waals surface area (Å²) in [5.74, 6) is -0.0973. The van der Waals surface area contributed by atoms with Crippen molar-refractivity contribution >= 4 is 11.9 Å². The SMILES string of the molecule is COC(=O)CCCC(C)(C)c1cc(OCC(=O)OC)ccc1O. The average Bonchev–Trinajstić information content (AvgIpc) is 2.53. The molecule has 1 rings (SSSR count). The number of carbonyl (C=O) groups excluding carboxylic acids is 2. The maximum absolute atomic E-state index is 11.2. The van der Waals surface area contributed by atoms with E-state index < -0.39 is 5.97 Å². The van der Waals surface area contributed by atoms with Crippen molar-refractivity contribution in [3.8, 4) is 11.5 Å². The molecule has 0 aliphatic carbocycles. The smallest absolute Gasteiger partial charge is 0.343 e. The first-order valence-electron chi connectivity index (χ1n) is 7.40. The van der Waals surface area contributed by atoms with Gasteiger partial charge >= 0.3 is 11.9 Å². The van der Waals surface area contributed by atoms with Crippen LogP contribution >= 0.6 is 0 Å². The number of hydrogen-bond acceptors (Lipinski definition) is 6. The lowest BCUT2D eigenvalue weighted by atomic mass is 9.79. The van der Waals surface area contributed by atoms with Crippen molar-refractivity contribution in [2.24, 2.45) is 0 Å². The Bertz CT molecular complexity index is 550. The number of esters is 2. The van der Waals surface area contributed by atoms with Crippen LogP contribution in [-0.2, 0) is 24.5 Å². The zero-order valence-corrected chi connectivity index (χ0v) is 14.0. The van der Waals surface area contributed by atoms with E-state index in [4.69, 9.17) is 4.74 Å². The van der Waals surface area contributed by atoms with Crippen LogP contribution in [0.1, 0.15) is 38.7 Å². The van der Waals surface area contributed by atoms with Gasteiger partial charge in [0.25, 0.3) is 0 Å². The predicted molar refractivity (Wildman–Crippen MR) is 84.5 cm³/mol. The van der Waals surface area contributed by atoms with Crippen LogP contribution in [0.15, 0.2) is 18.2 Å². The fourth-order valence-electron chi connectivity index (χ4n) is 2.26. The molecule has 0 radical (unpaired) electrons. The van der Waals surface area contributed by atoms with Gasteiger partial charge in [-0.05, 0) is 36.5 Å².